The van der Waals surface area contributed by atoms with Crippen LogP contribution in [0.3, 0.4) is 0 Å². The third-order valence-electron chi connectivity index (χ3n) is 2.91. The number of aromatic nitrogens is 4. The molecular weight excluding hydrogens is 236 g/mol. The normalized spacial score (nSPS) is 19.3. The Morgan fingerprint density at radius 1 is 1.56 bits per heavy atom. The third kappa shape index (κ3) is 1.92. The number of H-pyrrole nitrogens is 1. The molecule has 18 heavy (non-hydrogen) atoms. The molecule has 0 unspecified atom stereocenters. The van der Waals surface area contributed by atoms with Crippen LogP contribution >= 0.6 is 0 Å². The highest BCUT2D eigenvalue weighted by Crippen LogP contribution is 2.25. The van der Waals surface area contributed by atoms with Crippen LogP contribution in [0.25, 0.3) is 11.6 Å². The Hall–Kier alpha value is -2.02. The molecule has 3 rings (SSSR count). The Bertz CT molecular complexity index is 568. The summed E-state index contributed by atoms with van der Waals surface area (Å²) in [5.74, 6) is 1.07. The topological polar surface area (TPSA) is 93.9 Å². The second kappa shape index (κ2) is 4.34. The summed E-state index contributed by atoms with van der Waals surface area (Å²) in [7, 11) is 0. The Morgan fingerprint density at radius 3 is 3.11 bits per heavy atom. The van der Waals surface area contributed by atoms with Crippen molar-refractivity contribution >= 4 is 5.78 Å². The zero-order chi connectivity index (χ0) is 12.5. The van der Waals surface area contributed by atoms with Crippen molar-refractivity contribution in [2.45, 2.75) is 19.3 Å². The Morgan fingerprint density at radius 2 is 2.44 bits per heavy atom. The van der Waals surface area contributed by atoms with Gasteiger partial charge in [-0.25, -0.2) is 0 Å². The minimum atomic E-state index is -0.110. The van der Waals surface area contributed by atoms with Gasteiger partial charge in [0, 0.05) is 19.4 Å². The first kappa shape index (κ1) is 11.1. The lowest BCUT2D eigenvalue weighted by atomic mass is 10.1. The van der Waals surface area contributed by atoms with Crippen molar-refractivity contribution in [1.82, 2.24) is 20.3 Å². The summed E-state index contributed by atoms with van der Waals surface area (Å²) in [6.45, 7) is 2.81. The van der Waals surface area contributed by atoms with Gasteiger partial charge in [-0.1, -0.05) is 5.16 Å². The van der Waals surface area contributed by atoms with Crippen molar-refractivity contribution in [3.63, 3.8) is 0 Å². The lowest BCUT2D eigenvalue weighted by Crippen LogP contribution is -1.99. The molecular formula is C11H12N4O3. The van der Waals surface area contributed by atoms with E-state index in [0.717, 1.165) is 13.0 Å². The maximum atomic E-state index is 11.1. The Labute approximate surface area is 103 Å². The maximum absolute atomic E-state index is 11.1. The number of ether oxygens (including phenoxy) is 1. The number of aromatic amines is 1. The molecule has 2 aromatic heterocycles. The number of carbonyl (C=O) groups excluding carboxylic acids is 1. The van der Waals surface area contributed by atoms with Crippen LogP contribution in [0.2, 0.25) is 0 Å². The highest BCUT2D eigenvalue weighted by molar-refractivity contribution is 5.92. The van der Waals surface area contributed by atoms with Crippen molar-refractivity contribution in [3.8, 4) is 11.6 Å². The van der Waals surface area contributed by atoms with Crippen LogP contribution in [0.15, 0.2) is 10.6 Å². The monoisotopic (exact) mass is 248 g/mol. The smallest absolute Gasteiger partial charge is 0.275 e. The fourth-order valence-electron chi connectivity index (χ4n) is 1.86. The van der Waals surface area contributed by atoms with Gasteiger partial charge in [0.2, 0.25) is 0 Å². The van der Waals surface area contributed by atoms with Gasteiger partial charge in [-0.2, -0.15) is 10.1 Å². The van der Waals surface area contributed by atoms with Gasteiger partial charge in [-0.15, -0.1) is 0 Å². The van der Waals surface area contributed by atoms with E-state index in [-0.39, 0.29) is 11.7 Å². The van der Waals surface area contributed by atoms with E-state index < -0.39 is 0 Å². The van der Waals surface area contributed by atoms with Gasteiger partial charge < -0.3 is 9.26 Å². The standard InChI is InChI=1S/C11H12N4O3/c1-6(16)8-4-9(14-13-8)11-12-10(15-18-11)7-2-3-17-5-7/h4,7H,2-3,5H2,1H3,(H,13,14)/t7-/m0/s1. The largest absolute Gasteiger partial charge is 0.381 e. The zero-order valence-electron chi connectivity index (χ0n) is 9.84. The molecule has 2 aromatic rings. The predicted molar refractivity (Wildman–Crippen MR) is 60.1 cm³/mol. The first-order chi connectivity index (χ1) is 8.74. The zero-order valence-corrected chi connectivity index (χ0v) is 9.84. The molecule has 0 saturated carbocycles. The second-order valence-corrected chi connectivity index (χ2v) is 4.24. The third-order valence-corrected chi connectivity index (χ3v) is 2.91. The van der Waals surface area contributed by atoms with Crippen molar-refractivity contribution in [2.24, 2.45) is 0 Å². The molecule has 7 heteroatoms. The molecule has 1 saturated heterocycles. The summed E-state index contributed by atoms with van der Waals surface area (Å²) in [6.07, 6.45) is 0.903. The van der Waals surface area contributed by atoms with Crippen LogP contribution in [-0.2, 0) is 4.74 Å². The van der Waals surface area contributed by atoms with Gasteiger partial charge >= 0.3 is 0 Å². The summed E-state index contributed by atoms with van der Waals surface area (Å²) in [5, 5.41) is 10.5. The Balaban J connectivity index is 1.85. The molecule has 0 spiro atoms. The van der Waals surface area contributed by atoms with Gasteiger partial charge in [0.15, 0.2) is 11.6 Å². The van der Waals surface area contributed by atoms with Crippen LogP contribution in [0.1, 0.15) is 35.6 Å². The predicted octanol–water partition coefficient (Wildman–Crippen LogP) is 1.17. The summed E-state index contributed by atoms with van der Waals surface area (Å²) in [4.78, 5) is 15.4. The van der Waals surface area contributed by atoms with Crippen LogP contribution in [0.5, 0.6) is 0 Å². The van der Waals surface area contributed by atoms with Crippen LogP contribution in [0, 0.1) is 0 Å². The van der Waals surface area contributed by atoms with E-state index in [9.17, 15) is 4.79 Å². The van der Waals surface area contributed by atoms with Gasteiger partial charge in [-0.05, 0) is 12.5 Å². The molecule has 0 aromatic carbocycles. The van der Waals surface area contributed by atoms with Gasteiger partial charge in [-0.3, -0.25) is 9.89 Å². The number of hydrogen-bond donors (Lipinski definition) is 1. The highest BCUT2D eigenvalue weighted by Gasteiger charge is 2.24. The molecule has 0 amide bonds. The fraction of sp³-hybridized carbons (Fsp3) is 0.455. The molecule has 1 aliphatic rings. The fourth-order valence-corrected chi connectivity index (χ4v) is 1.86. The average Bonchev–Trinajstić information content (AvgIpc) is 3.10. The van der Waals surface area contributed by atoms with Crippen LogP contribution < -0.4 is 0 Å². The van der Waals surface area contributed by atoms with Crippen molar-refractivity contribution in [1.29, 1.82) is 0 Å². The molecule has 0 radical (unpaired) electrons. The van der Waals surface area contributed by atoms with E-state index in [1.165, 1.54) is 6.92 Å². The molecule has 7 nitrogen and oxygen atoms in total. The highest BCUT2D eigenvalue weighted by atomic mass is 16.5. The summed E-state index contributed by atoms with van der Waals surface area (Å²) in [5.41, 5.74) is 0.909. The minimum absolute atomic E-state index is 0.110. The molecule has 1 fully saturated rings. The SMILES string of the molecule is CC(=O)c1cc(-c2nc([C@H]3CCOC3)no2)[nH]n1. The number of hydrogen-bond acceptors (Lipinski definition) is 6. The minimum Gasteiger partial charge on any atom is -0.381 e. The number of Topliss-reactive ketones (excluding diaryl/α,β-unsaturated/α-hetero) is 1. The summed E-state index contributed by atoms with van der Waals surface area (Å²) in [6, 6.07) is 1.60. The van der Waals surface area contributed by atoms with Gasteiger partial charge in [0.25, 0.3) is 5.89 Å². The molecule has 1 atom stereocenters. The molecule has 3 heterocycles. The lowest BCUT2D eigenvalue weighted by Gasteiger charge is -1.97. The number of rotatable bonds is 3. The molecule has 0 bridgehead atoms. The first-order valence-corrected chi connectivity index (χ1v) is 5.72. The number of nitrogens with one attached hydrogen (secondary N) is 1. The second-order valence-electron chi connectivity index (χ2n) is 4.24. The van der Waals surface area contributed by atoms with E-state index in [4.69, 9.17) is 9.26 Å². The van der Waals surface area contributed by atoms with E-state index in [1.54, 1.807) is 6.07 Å². The summed E-state index contributed by atoms with van der Waals surface area (Å²) >= 11 is 0. The van der Waals surface area contributed by atoms with Gasteiger partial charge in [0.1, 0.15) is 11.4 Å². The van der Waals surface area contributed by atoms with E-state index in [0.29, 0.717) is 29.7 Å². The number of ketones is 1. The van der Waals surface area contributed by atoms with Crippen LogP contribution in [-0.4, -0.2) is 39.3 Å². The lowest BCUT2D eigenvalue weighted by molar-refractivity contribution is 0.101. The Kier molecular flexibility index (Phi) is 2.67. The van der Waals surface area contributed by atoms with Crippen molar-refractivity contribution in [3.05, 3.63) is 17.6 Å². The molecule has 1 N–H and O–H groups in total. The number of nitrogens with zero attached hydrogens (tertiary/aromatic N) is 3. The molecule has 94 valence electrons. The quantitative estimate of drug-likeness (QED) is 0.819. The maximum Gasteiger partial charge on any atom is 0.275 e. The first-order valence-electron chi connectivity index (χ1n) is 5.72. The average molecular weight is 248 g/mol. The van der Waals surface area contributed by atoms with E-state index in [1.807, 2.05) is 0 Å². The number of carbonyl (C=O) groups is 1. The van der Waals surface area contributed by atoms with Crippen molar-refractivity contribution < 1.29 is 14.1 Å². The van der Waals surface area contributed by atoms with Crippen LogP contribution in [0.4, 0.5) is 0 Å². The van der Waals surface area contributed by atoms with Gasteiger partial charge in [0.05, 0.1) is 6.61 Å². The molecule has 0 aliphatic carbocycles. The summed E-state index contributed by atoms with van der Waals surface area (Å²) < 4.78 is 10.4. The van der Waals surface area contributed by atoms with E-state index in [2.05, 4.69) is 20.3 Å². The molecule has 1 aliphatic heterocycles. The van der Waals surface area contributed by atoms with E-state index >= 15 is 0 Å². The van der Waals surface area contributed by atoms with Crippen molar-refractivity contribution in [2.75, 3.05) is 13.2 Å².